The maximum absolute atomic E-state index is 12.5. The predicted octanol–water partition coefficient (Wildman–Crippen LogP) is 3.95. The maximum Gasteiger partial charge on any atom is 0.158 e. The van der Waals surface area contributed by atoms with Crippen LogP contribution in [-0.2, 0) is 11.2 Å². The highest BCUT2D eigenvalue weighted by atomic mass is 32.2. The van der Waals surface area contributed by atoms with Crippen molar-refractivity contribution in [2.75, 3.05) is 0 Å². The van der Waals surface area contributed by atoms with E-state index in [0.29, 0.717) is 0 Å². The standard InChI is InChI=1S/C16H14O2S/c17-19(14-7-2-1-3-8-14)15-9-10-16-13(12-15)6-4-5-11-18-16/h1-2,4-7,9-12H,3,8H2. The lowest BCUT2D eigenvalue weighted by Gasteiger charge is -2.15. The van der Waals surface area contributed by atoms with Crippen molar-refractivity contribution in [2.45, 2.75) is 17.7 Å². The van der Waals surface area contributed by atoms with Crippen LogP contribution < -0.4 is 4.74 Å². The molecule has 0 bridgehead atoms. The highest BCUT2D eigenvalue weighted by Gasteiger charge is 2.19. The van der Waals surface area contributed by atoms with Crippen LogP contribution in [0.5, 0.6) is 5.75 Å². The molecule has 2 aliphatic rings. The molecule has 0 aromatic heterocycles. The maximum atomic E-state index is 12.5. The monoisotopic (exact) mass is 270 g/mol. The molecule has 1 aromatic rings. The second-order valence-electron chi connectivity index (χ2n) is 4.37. The first-order chi connectivity index (χ1) is 9.34. The van der Waals surface area contributed by atoms with Crippen molar-refractivity contribution in [2.24, 2.45) is 0 Å². The van der Waals surface area contributed by atoms with E-state index in [1.165, 1.54) is 0 Å². The van der Waals surface area contributed by atoms with Gasteiger partial charge in [-0.15, -0.1) is 0 Å². The highest BCUT2D eigenvalue weighted by molar-refractivity contribution is 7.95. The summed E-state index contributed by atoms with van der Waals surface area (Å²) >= 11 is -1.07. The van der Waals surface area contributed by atoms with Gasteiger partial charge >= 0.3 is 0 Å². The molecule has 0 saturated carbocycles. The third-order valence-corrected chi connectivity index (χ3v) is 4.57. The Morgan fingerprint density at radius 2 is 2.11 bits per heavy atom. The average Bonchev–Trinajstić information content (AvgIpc) is 2.72. The number of benzene rings is 1. The molecular formula is C16H14O2S. The number of rotatable bonds is 2. The zero-order valence-corrected chi connectivity index (χ0v) is 11.2. The number of ether oxygens (including phenoxy) is 1. The van der Waals surface area contributed by atoms with Gasteiger partial charge in [-0.05, 0) is 30.7 Å². The Balaban J connectivity index is 1.91. The Hall–Kier alpha value is -1.71. The minimum atomic E-state index is -1.07. The molecular weight excluding hydrogens is 256 g/mol. The summed E-state index contributed by atoms with van der Waals surface area (Å²) in [7, 11) is 0. The molecule has 1 aliphatic carbocycles. The molecule has 19 heavy (non-hydrogen) atoms. The Morgan fingerprint density at radius 3 is 2.95 bits per heavy atom. The number of fused-ring (bicyclic) bond motifs is 1. The van der Waals surface area contributed by atoms with Crippen LogP contribution in [0.1, 0.15) is 18.4 Å². The van der Waals surface area contributed by atoms with Gasteiger partial charge < -0.3 is 9.29 Å². The highest BCUT2D eigenvalue weighted by Crippen LogP contribution is 2.30. The third kappa shape index (κ3) is 2.67. The van der Waals surface area contributed by atoms with Crippen molar-refractivity contribution in [1.82, 2.24) is 0 Å². The van der Waals surface area contributed by atoms with Crippen molar-refractivity contribution < 1.29 is 9.29 Å². The molecule has 96 valence electrons. The van der Waals surface area contributed by atoms with E-state index in [2.05, 4.69) is 6.08 Å². The molecule has 1 heterocycles. The summed E-state index contributed by atoms with van der Waals surface area (Å²) < 4.78 is 18.0. The summed E-state index contributed by atoms with van der Waals surface area (Å²) in [6, 6.07) is 5.69. The van der Waals surface area contributed by atoms with Crippen LogP contribution in [0.3, 0.4) is 0 Å². The first kappa shape index (κ1) is 12.3. The molecule has 0 saturated heterocycles. The number of allylic oxidation sites excluding steroid dienone is 6. The zero-order chi connectivity index (χ0) is 13.1. The van der Waals surface area contributed by atoms with Crippen molar-refractivity contribution in [3.8, 4) is 5.75 Å². The predicted molar refractivity (Wildman–Crippen MR) is 78.1 cm³/mol. The van der Waals surface area contributed by atoms with Gasteiger partial charge in [-0.2, -0.15) is 0 Å². The Kier molecular flexibility index (Phi) is 3.58. The second-order valence-corrected chi connectivity index (χ2v) is 5.91. The van der Waals surface area contributed by atoms with Crippen molar-refractivity contribution in [3.05, 3.63) is 65.3 Å². The first-order valence-electron chi connectivity index (χ1n) is 6.26. The lowest BCUT2D eigenvalue weighted by molar-refractivity contribution is 0.481. The van der Waals surface area contributed by atoms with E-state index in [9.17, 15) is 4.55 Å². The van der Waals surface area contributed by atoms with Crippen molar-refractivity contribution in [3.63, 3.8) is 0 Å². The Labute approximate surface area is 116 Å². The van der Waals surface area contributed by atoms with Gasteiger partial charge in [-0.3, -0.25) is 0 Å². The minimum absolute atomic E-state index is 0.795. The van der Waals surface area contributed by atoms with Crippen LogP contribution in [0.4, 0.5) is 0 Å². The molecule has 3 rings (SSSR count). The fourth-order valence-corrected chi connectivity index (χ4v) is 3.32. The van der Waals surface area contributed by atoms with Crippen LogP contribution in [0.15, 0.2) is 64.6 Å². The van der Waals surface area contributed by atoms with Gasteiger partial charge in [0.05, 0.1) is 6.26 Å². The fraction of sp³-hybridized carbons (Fsp3) is 0.125. The average molecular weight is 270 g/mol. The topological polar surface area (TPSA) is 32.3 Å². The van der Waals surface area contributed by atoms with Crippen LogP contribution >= 0.6 is 0 Å². The molecule has 0 fully saturated rings. The smallest absolute Gasteiger partial charge is 0.158 e. The summed E-state index contributed by atoms with van der Waals surface area (Å²) in [6.07, 6.45) is 15.2. The van der Waals surface area contributed by atoms with Crippen molar-refractivity contribution in [1.29, 1.82) is 0 Å². The van der Waals surface area contributed by atoms with E-state index < -0.39 is 11.2 Å². The molecule has 3 heteroatoms. The molecule has 0 spiro atoms. The van der Waals surface area contributed by atoms with Gasteiger partial charge in [0.25, 0.3) is 0 Å². The molecule has 1 atom stereocenters. The van der Waals surface area contributed by atoms with Crippen molar-refractivity contribution >= 4 is 17.3 Å². The quantitative estimate of drug-likeness (QED) is 0.762. The molecule has 0 radical (unpaired) electrons. The van der Waals surface area contributed by atoms with Crippen LogP contribution in [0.2, 0.25) is 0 Å². The lowest BCUT2D eigenvalue weighted by Crippen LogP contribution is -2.06. The van der Waals surface area contributed by atoms with E-state index >= 15 is 0 Å². The summed E-state index contributed by atoms with van der Waals surface area (Å²) in [5.41, 5.74) is 0.961. The molecule has 1 aromatic carbocycles. The summed E-state index contributed by atoms with van der Waals surface area (Å²) in [5, 5.41) is 0. The molecule has 0 amide bonds. The normalized spacial score (nSPS) is 18.3. The summed E-state index contributed by atoms with van der Waals surface area (Å²) in [6.45, 7) is 0. The van der Waals surface area contributed by atoms with Crippen LogP contribution in [0.25, 0.3) is 6.08 Å². The Morgan fingerprint density at radius 1 is 1.16 bits per heavy atom. The number of hydrogen-bond acceptors (Lipinski definition) is 2. The van der Waals surface area contributed by atoms with Gasteiger partial charge in [-0.1, -0.05) is 24.3 Å². The van der Waals surface area contributed by atoms with Gasteiger partial charge in [0.1, 0.15) is 10.7 Å². The van der Waals surface area contributed by atoms with E-state index in [0.717, 1.165) is 34.0 Å². The van der Waals surface area contributed by atoms with E-state index in [4.69, 9.17) is 4.74 Å². The third-order valence-electron chi connectivity index (χ3n) is 3.07. The van der Waals surface area contributed by atoms with Crippen LogP contribution in [-0.4, -0.2) is 4.55 Å². The molecule has 0 N–H and O–H groups in total. The number of hydrogen-bond donors (Lipinski definition) is 0. The lowest BCUT2D eigenvalue weighted by atomic mass is 10.2. The largest absolute Gasteiger partial charge is 0.607 e. The van der Waals surface area contributed by atoms with E-state index in [-0.39, 0.29) is 0 Å². The SMILES string of the molecule is [O-][S+](C1=CC=CCC1)c1ccc2c(c1)C=CC=CO2. The Bertz CT molecular complexity index is 597. The van der Waals surface area contributed by atoms with Crippen LogP contribution in [0, 0.1) is 0 Å². The first-order valence-corrected chi connectivity index (χ1v) is 7.41. The minimum Gasteiger partial charge on any atom is -0.607 e. The second kappa shape index (κ2) is 5.51. The van der Waals surface area contributed by atoms with Gasteiger partial charge in [0, 0.05) is 29.2 Å². The summed E-state index contributed by atoms with van der Waals surface area (Å²) in [4.78, 5) is 1.81. The molecule has 1 unspecified atom stereocenters. The van der Waals surface area contributed by atoms with E-state index in [1.807, 2.05) is 48.6 Å². The van der Waals surface area contributed by atoms with E-state index in [1.54, 1.807) is 6.26 Å². The summed E-state index contributed by atoms with van der Waals surface area (Å²) in [5.74, 6) is 0.795. The molecule has 1 aliphatic heterocycles. The fourth-order valence-electron chi connectivity index (χ4n) is 2.08. The van der Waals surface area contributed by atoms with Gasteiger partial charge in [0.2, 0.25) is 0 Å². The molecule has 2 nitrogen and oxygen atoms in total. The van der Waals surface area contributed by atoms with Gasteiger partial charge in [-0.25, -0.2) is 0 Å². The zero-order valence-electron chi connectivity index (χ0n) is 10.4. The van der Waals surface area contributed by atoms with Gasteiger partial charge in [0.15, 0.2) is 4.90 Å².